The van der Waals surface area contributed by atoms with Crippen molar-refractivity contribution in [1.82, 2.24) is 9.03 Å². The van der Waals surface area contributed by atoms with Crippen LogP contribution in [-0.2, 0) is 15.0 Å². The van der Waals surface area contributed by atoms with Crippen molar-refractivity contribution in [3.05, 3.63) is 29.8 Å². The van der Waals surface area contributed by atoms with Gasteiger partial charge in [-0.2, -0.15) is 12.7 Å². The maximum Gasteiger partial charge on any atom is 0.278 e. The lowest BCUT2D eigenvalue weighted by molar-refractivity contribution is -0.116. The van der Waals surface area contributed by atoms with Crippen LogP contribution in [0.15, 0.2) is 18.2 Å². The van der Waals surface area contributed by atoms with Gasteiger partial charge in [0.15, 0.2) is 11.6 Å². The molecule has 1 aromatic rings. The summed E-state index contributed by atoms with van der Waals surface area (Å²) in [5, 5.41) is 0. The van der Waals surface area contributed by atoms with E-state index in [1.165, 1.54) is 27.1 Å². The van der Waals surface area contributed by atoms with E-state index in [9.17, 15) is 22.0 Å². The number of anilines is 1. The molecule has 0 aliphatic rings. The normalized spacial score (nSPS) is 11.7. The highest BCUT2D eigenvalue weighted by atomic mass is 32.2. The van der Waals surface area contributed by atoms with Crippen molar-refractivity contribution in [2.24, 2.45) is 0 Å². The van der Waals surface area contributed by atoms with E-state index < -0.39 is 27.8 Å². The molecular formula is C12H17F2N3O3S. The van der Waals surface area contributed by atoms with Crippen LogP contribution in [0.5, 0.6) is 0 Å². The lowest BCUT2D eigenvalue weighted by Gasteiger charge is -2.22. The summed E-state index contributed by atoms with van der Waals surface area (Å²) < 4.78 is 52.4. The average molecular weight is 321 g/mol. The third-order valence-corrected chi connectivity index (χ3v) is 4.23. The molecular weight excluding hydrogens is 304 g/mol. The van der Waals surface area contributed by atoms with E-state index in [-0.39, 0.29) is 18.8 Å². The number of carbonyl (C=O) groups is 1. The van der Waals surface area contributed by atoms with Gasteiger partial charge in [0.2, 0.25) is 5.91 Å². The van der Waals surface area contributed by atoms with E-state index in [4.69, 9.17) is 0 Å². The fourth-order valence-electron chi connectivity index (χ4n) is 1.54. The molecule has 0 fully saturated rings. The summed E-state index contributed by atoms with van der Waals surface area (Å²) in [6, 6.07) is 3.04. The Kier molecular flexibility index (Phi) is 5.76. The fraction of sp³-hybridized carbons (Fsp3) is 0.417. The second-order valence-corrected chi connectivity index (χ2v) is 6.42. The molecule has 118 valence electrons. The first-order valence-electron chi connectivity index (χ1n) is 6.05. The van der Waals surface area contributed by atoms with E-state index in [0.29, 0.717) is 0 Å². The molecule has 0 aromatic heterocycles. The van der Waals surface area contributed by atoms with Crippen LogP contribution in [0.4, 0.5) is 14.5 Å². The second-order valence-electron chi connectivity index (χ2n) is 4.45. The highest BCUT2D eigenvalue weighted by Gasteiger charge is 2.16. The molecule has 0 saturated heterocycles. The Morgan fingerprint density at radius 1 is 1.24 bits per heavy atom. The van der Waals surface area contributed by atoms with Gasteiger partial charge in [-0.05, 0) is 12.1 Å². The number of hydrogen-bond acceptors (Lipinski definition) is 3. The Bertz CT molecular complexity index is 620. The van der Waals surface area contributed by atoms with Crippen molar-refractivity contribution in [2.75, 3.05) is 32.1 Å². The zero-order valence-corrected chi connectivity index (χ0v) is 12.7. The molecule has 1 rings (SSSR count). The SMILES string of the molecule is CC(=O)N(CCNS(=O)(=O)N(C)C)c1ccc(F)c(F)c1. The molecule has 1 aromatic carbocycles. The van der Waals surface area contributed by atoms with Crippen molar-refractivity contribution in [1.29, 1.82) is 0 Å². The number of nitrogens with zero attached hydrogens (tertiary/aromatic N) is 2. The number of benzene rings is 1. The molecule has 0 spiro atoms. The molecule has 1 amide bonds. The predicted octanol–water partition coefficient (Wildman–Crippen LogP) is 0.714. The molecule has 0 saturated carbocycles. The second kappa shape index (κ2) is 6.92. The zero-order chi connectivity index (χ0) is 16.2. The Hall–Kier alpha value is -1.58. The maximum absolute atomic E-state index is 13.2. The summed E-state index contributed by atoms with van der Waals surface area (Å²) >= 11 is 0. The average Bonchev–Trinajstić information content (AvgIpc) is 2.37. The molecule has 0 heterocycles. The number of amides is 1. The van der Waals surface area contributed by atoms with Gasteiger partial charge in [-0.25, -0.2) is 13.5 Å². The molecule has 0 atom stereocenters. The van der Waals surface area contributed by atoms with Crippen LogP contribution >= 0.6 is 0 Å². The molecule has 0 aliphatic heterocycles. The monoisotopic (exact) mass is 321 g/mol. The Morgan fingerprint density at radius 3 is 2.33 bits per heavy atom. The maximum atomic E-state index is 13.2. The summed E-state index contributed by atoms with van der Waals surface area (Å²) in [5.41, 5.74) is 0.158. The number of hydrogen-bond donors (Lipinski definition) is 1. The largest absolute Gasteiger partial charge is 0.311 e. The minimum absolute atomic E-state index is 0.00647. The first-order chi connectivity index (χ1) is 9.65. The Morgan fingerprint density at radius 2 is 1.86 bits per heavy atom. The summed E-state index contributed by atoms with van der Waals surface area (Å²) in [6.07, 6.45) is 0. The molecule has 1 N–H and O–H groups in total. The number of nitrogens with one attached hydrogen (secondary N) is 1. The minimum atomic E-state index is -3.61. The fourth-order valence-corrected chi connectivity index (χ4v) is 2.14. The highest BCUT2D eigenvalue weighted by Crippen LogP contribution is 2.17. The van der Waals surface area contributed by atoms with E-state index in [1.54, 1.807) is 0 Å². The van der Waals surface area contributed by atoms with Gasteiger partial charge < -0.3 is 4.90 Å². The number of rotatable bonds is 6. The van der Waals surface area contributed by atoms with Gasteiger partial charge in [0.05, 0.1) is 0 Å². The summed E-state index contributed by atoms with van der Waals surface area (Å²) in [6.45, 7) is 1.19. The highest BCUT2D eigenvalue weighted by molar-refractivity contribution is 7.87. The van der Waals surface area contributed by atoms with Crippen molar-refractivity contribution >= 4 is 21.8 Å². The third-order valence-electron chi connectivity index (χ3n) is 2.70. The van der Waals surface area contributed by atoms with Gasteiger partial charge in [0.1, 0.15) is 0 Å². The quantitative estimate of drug-likeness (QED) is 0.839. The van der Waals surface area contributed by atoms with Crippen LogP contribution in [0.1, 0.15) is 6.92 Å². The van der Waals surface area contributed by atoms with Crippen LogP contribution in [0.25, 0.3) is 0 Å². The van der Waals surface area contributed by atoms with Gasteiger partial charge in [0, 0.05) is 45.9 Å². The minimum Gasteiger partial charge on any atom is -0.311 e. The third kappa shape index (κ3) is 4.73. The molecule has 21 heavy (non-hydrogen) atoms. The van der Waals surface area contributed by atoms with Gasteiger partial charge in [-0.3, -0.25) is 4.79 Å². The molecule has 0 bridgehead atoms. The van der Waals surface area contributed by atoms with Gasteiger partial charge in [-0.1, -0.05) is 0 Å². The van der Waals surface area contributed by atoms with Crippen LogP contribution < -0.4 is 9.62 Å². The van der Waals surface area contributed by atoms with Crippen LogP contribution in [-0.4, -0.2) is 45.8 Å². The molecule has 0 radical (unpaired) electrons. The lowest BCUT2D eigenvalue weighted by atomic mass is 10.2. The standard InChI is InChI=1S/C12H17F2N3O3S/c1-9(18)17(7-6-15-21(19,20)16(2)3)10-4-5-11(13)12(14)8-10/h4-5,8,15H,6-7H2,1-3H3. The molecule has 6 nitrogen and oxygen atoms in total. The molecule has 0 aliphatic carbocycles. The van der Waals surface area contributed by atoms with Gasteiger partial charge >= 0.3 is 0 Å². The van der Waals surface area contributed by atoms with E-state index in [1.807, 2.05) is 0 Å². The zero-order valence-electron chi connectivity index (χ0n) is 11.9. The van der Waals surface area contributed by atoms with E-state index in [0.717, 1.165) is 21.3 Å². The van der Waals surface area contributed by atoms with Crippen LogP contribution in [0.2, 0.25) is 0 Å². The van der Waals surface area contributed by atoms with Gasteiger partial charge in [-0.15, -0.1) is 0 Å². The summed E-state index contributed by atoms with van der Waals surface area (Å²) in [4.78, 5) is 12.7. The number of halogens is 2. The number of carbonyl (C=O) groups excluding carboxylic acids is 1. The van der Waals surface area contributed by atoms with E-state index in [2.05, 4.69) is 4.72 Å². The van der Waals surface area contributed by atoms with Crippen molar-refractivity contribution in [2.45, 2.75) is 6.92 Å². The summed E-state index contributed by atoms with van der Waals surface area (Å²) in [7, 11) is -0.882. The smallest absolute Gasteiger partial charge is 0.278 e. The molecule has 0 unspecified atom stereocenters. The van der Waals surface area contributed by atoms with Crippen molar-refractivity contribution in [3.8, 4) is 0 Å². The first kappa shape index (κ1) is 17.5. The molecule has 9 heteroatoms. The van der Waals surface area contributed by atoms with Crippen LogP contribution in [0.3, 0.4) is 0 Å². The van der Waals surface area contributed by atoms with Crippen molar-refractivity contribution < 1.29 is 22.0 Å². The van der Waals surface area contributed by atoms with Gasteiger partial charge in [0.25, 0.3) is 10.2 Å². The summed E-state index contributed by atoms with van der Waals surface area (Å²) in [5.74, 6) is -2.51. The predicted molar refractivity (Wildman–Crippen MR) is 75.0 cm³/mol. The Labute approximate surface area is 122 Å². The van der Waals surface area contributed by atoms with E-state index >= 15 is 0 Å². The lowest BCUT2D eigenvalue weighted by Crippen LogP contribution is -2.41. The Balaban J connectivity index is 2.80. The first-order valence-corrected chi connectivity index (χ1v) is 7.49. The van der Waals surface area contributed by atoms with Crippen LogP contribution in [0, 0.1) is 11.6 Å². The topological polar surface area (TPSA) is 69.7 Å². The van der Waals surface area contributed by atoms with Crippen molar-refractivity contribution in [3.63, 3.8) is 0 Å².